The fourth-order valence-corrected chi connectivity index (χ4v) is 4.15. The largest absolute Gasteiger partial charge is 0.490 e. The summed E-state index contributed by atoms with van der Waals surface area (Å²) in [5.41, 5.74) is 2.33. The van der Waals surface area contributed by atoms with Crippen molar-refractivity contribution in [3.8, 4) is 5.75 Å². The Morgan fingerprint density at radius 2 is 1.89 bits per heavy atom. The van der Waals surface area contributed by atoms with Crippen LogP contribution in [0.3, 0.4) is 0 Å². The van der Waals surface area contributed by atoms with Crippen LogP contribution in [0.5, 0.6) is 5.75 Å². The number of halogens is 2. The van der Waals surface area contributed by atoms with Crippen LogP contribution in [-0.2, 0) is 23.2 Å². The lowest BCUT2D eigenvalue weighted by Gasteiger charge is -2.23. The van der Waals surface area contributed by atoms with Crippen molar-refractivity contribution in [3.63, 3.8) is 0 Å². The quantitative estimate of drug-likeness (QED) is 0.735. The van der Waals surface area contributed by atoms with Crippen molar-refractivity contribution >= 4 is 35.1 Å². The van der Waals surface area contributed by atoms with Gasteiger partial charge in [-0.3, -0.25) is 9.69 Å². The summed E-state index contributed by atoms with van der Waals surface area (Å²) in [6.07, 6.45) is 3.22. The molecule has 1 aliphatic carbocycles. The van der Waals surface area contributed by atoms with E-state index in [2.05, 4.69) is 11.4 Å². The molecule has 5 nitrogen and oxygen atoms in total. The third kappa shape index (κ3) is 3.33. The molecule has 4 rings (SSSR count). The fourth-order valence-electron chi connectivity index (χ4n) is 3.81. The predicted molar refractivity (Wildman–Crippen MR) is 108 cm³/mol. The predicted octanol–water partition coefficient (Wildman–Crippen LogP) is 4.33. The van der Waals surface area contributed by atoms with E-state index in [9.17, 15) is 9.59 Å². The third-order valence-corrected chi connectivity index (χ3v) is 5.96. The van der Waals surface area contributed by atoms with Gasteiger partial charge in [0.2, 0.25) is 0 Å². The second-order valence-electron chi connectivity index (χ2n) is 7.27. The summed E-state index contributed by atoms with van der Waals surface area (Å²) in [6.45, 7) is 1.99. The highest BCUT2D eigenvalue weighted by molar-refractivity contribution is 6.34. The van der Waals surface area contributed by atoms with Gasteiger partial charge in [-0.1, -0.05) is 41.4 Å². The summed E-state index contributed by atoms with van der Waals surface area (Å²) in [6, 6.07) is 10.5. The zero-order valence-corrected chi connectivity index (χ0v) is 16.9. The molecule has 1 aliphatic heterocycles. The maximum absolute atomic E-state index is 13.0. The molecule has 1 fully saturated rings. The molecule has 1 N–H and O–H groups in total. The summed E-state index contributed by atoms with van der Waals surface area (Å²) in [7, 11) is 0. The molecule has 0 bridgehead atoms. The van der Waals surface area contributed by atoms with E-state index in [1.165, 1.54) is 16.0 Å². The first-order chi connectivity index (χ1) is 13.4. The van der Waals surface area contributed by atoms with Crippen LogP contribution in [0, 0.1) is 0 Å². The van der Waals surface area contributed by atoms with Crippen LogP contribution < -0.4 is 10.1 Å². The van der Waals surface area contributed by atoms with E-state index in [0.29, 0.717) is 15.8 Å². The average Bonchev–Trinajstić information content (AvgIpc) is 3.22. The molecule has 3 amide bonds. The summed E-state index contributed by atoms with van der Waals surface area (Å²) >= 11 is 12.0. The molecular weight excluding hydrogens is 399 g/mol. The smallest absolute Gasteiger partial charge is 0.325 e. The van der Waals surface area contributed by atoms with Crippen molar-refractivity contribution in [2.24, 2.45) is 0 Å². The van der Waals surface area contributed by atoms with E-state index in [1.807, 2.05) is 12.1 Å². The maximum Gasteiger partial charge on any atom is 0.325 e. The van der Waals surface area contributed by atoms with Crippen molar-refractivity contribution in [2.75, 3.05) is 13.2 Å². The molecule has 1 unspecified atom stereocenters. The average molecular weight is 419 g/mol. The zero-order chi connectivity index (χ0) is 19.9. The van der Waals surface area contributed by atoms with Gasteiger partial charge in [0.1, 0.15) is 17.9 Å². The lowest BCUT2D eigenvalue weighted by Crippen LogP contribution is -2.41. The highest BCUT2D eigenvalue weighted by Gasteiger charge is 2.49. The number of amides is 3. The Bertz CT molecular complexity index is 963. The molecule has 1 atom stereocenters. The van der Waals surface area contributed by atoms with Gasteiger partial charge in [-0.2, -0.15) is 0 Å². The van der Waals surface area contributed by atoms with Gasteiger partial charge in [-0.05, 0) is 55.0 Å². The maximum atomic E-state index is 13.0. The Morgan fingerprint density at radius 1 is 1.11 bits per heavy atom. The summed E-state index contributed by atoms with van der Waals surface area (Å²) in [5.74, 6) is 0.138. The van der Waals surface area contributed by atoms with Gasteiger partial charge in [-0.15, -0.1) is 0 Å². The SMILES string of the molecule is CC1(c2ccc3c(c2)CCC3)NC(=O)N(CCOc2cc(Cl)ccc2Cl)C1=O. The minimum Gasteiger partial charge on any atom is -0.490 e. The number of urea groups is 1. The Morgan fingerprint density at radius 3 is 2.71 bits per heavy atom. The Balaban J connectivity index is 1.47. The van der Waals surface area contributed by atoms with Crippen LogP contribution in [0.4, 0.5) is 4.79 Å². The molecule has 28 heavy (non-hydrogen) atoms. The molecule has 0 spiro atoms. The first-order valence-electron chi connectivity index (χ1n) is 9.23. The standard InChI is InChI=1S/C21H20Cl2N2O3/c1-21(15-6-5-13-3-2-4-14(13)11-15)19(26)25(20(27)24-21)9-10-28-18-12-16(22)7-8-17(18)23/h5-8,11-12H,2-4,9-10H2,1H3,(H,24,27). The zero-order valence-electron chi connectivity index (χ0n) is 15.4. The molecule has 2 aromatic rings. The normalized spacial score (nSPS) is 21.0. The van der Waals surface area contributed by atoms with Gasteiger partial charge in [-0.25, -0.2) is 4.79 Å². The Labute approximate surface area is 173 Å². The van der Waals surface area contributed by atoms with Gasteiger partial charge in [0.05, 0.1) is 11.6 Å². The van der Waals surface area contributed by atoms with Crippen LogP contribution in [-0.4, -0.2) is 30.0 Å². The molecule has 2 aromatic carbocycles. The molecule has 1 heterocycles. The Kier molecular flexibility index (Phi) is 4.98. The number of hydrogen-bond acceptors (Lipinski definition) is 3. The topological polar surface area (TPSA) is 58.6 Å². The van der Waals surface area contributed by atoms with E-state index in [4.69, 9.17) is 27.9 Å². The minimum atomic E-state index is -1.07. The van der Waals surface area contributed by atoms with Crippen molar-refractivity contribution < 1.29 is 14.3 Å². The van der Waals surface area contributed by atoms with Crippen LogP contribution in [0.1, 0.15) is 30.0 Å². The summed E-state index contributed by atoms with van der Waals surface area (Å²) in [5, 5.41) is 3.76. The summed E-state index contributed by atoms with van der Waals surface area (Å²) < 4.78 is 5.62. The number of carbonyl (C=O) groups is 2. The lowest BCUT2D eigenvalue weighted by atomic mass is 9.90. The lowest BCUT2D eigenvalue weighted by molar-refractivity contribution is -0.131. The number of ether oxygens (including phenoxy) is 1. The minimum absolute atomic E-state index is 0.119. The second-order valence-corrected chi connectivity index (χ2v) is 8.12. The molecule has 2 aliphatic rings. The number of imide groups is 1. The van der Waals surface area contributed by atoms with Crippen molar-refractivity contribution in [2.45, 2.75) is 31.7 Å². The molecule has 0 aromatic heterocycles. The monoisotopic (exact) mass is 418 g/mol. The van der Waals surface area contributed by atoms with Gasteiger partial charge >= 0.3 is 6.03 Å². The Hall–Kier alpha value is -2.24. The van der Waals surface area contributed by atoms with Gasteiger partial charge in [0.25, 0.3) is 5.91 Å². The van der Waals surface area contributed by atoms with Gasteiger partial charge < -0.3 is 10.1 Å². The molecule has 0 saturated carbocycles. The van der Waals surface area contributed by atoms with E-state index >= 15 is 0 Å². The van der Waals surface area contributed by atoms with Crippen LogP contribution in [0.15, 0.2) is 36.4 Å². The molecule has 146 valence electrons. The first-order valence-corrected chi connectivity index (χ1v) is 9.98. The number of fused-ring (bicyclic) bond motifs is 1. The third-order valence-electron chi connectivity index (χ3n) is 5.42. The number of rotatable bonds is 5. The van der Waals surface area contributed by atoms with Crippen LogP contribution in [0.2, 0.25) is 10.0 Å². The molecular formula is C21H20Cl2N2O3. The number of benzene rings is 2. The molecule has 0 radical (unpaired) electrons. The van der Waals surface area contributed by atoms with Crippen molar-refractivity contribution in [3.05, 3.63) is 63.1 Å². The van der Waals surface area contributed by atoms with Gasteiger partial charge in [0, 0.05) is 11.1 Å². The fraction of sp³-hybridized carbons (Fsp3) is 0.333. The second kappa shape index (κ2) is 7.30. The van der Waals surface area contributed by atoms with E-state index in [0.717, 1.165) is 24.8 Å². The van der Waals surface area contributed by atoms with E-state index in [-0.39, 0.29) is 19.1 Å². The number of aryl methyl sites for hydroxylation is 2. The highest BCUT2D eigenvalue weighted by atomic mass is 35.5. The number of carbonyl (C=O) groups excluding carboxylic acids is 2. The molecule has 1 saturated heterocycles. The van der Waals surface area contributed by atoms with Crippen molar-refractivity contribution in [1.82, 2.24) is 10.2 Å². The summed E-state index contributed by atoms with van der Waals surface area (Å²) in [4.78, 5) is 26.7. The first kappa shape index (κ1) is 19.1. The number of hydrogen-bond donors (Lipinski definition) is 1. The van der Waals surface area contributed by atoms with Crippen LogP contribution >= 0.6 is 23.2 Å². The van der Waals surface area contributed by atoms with E-state index in [1.54, 1.807) is 25.1 Å². The number of nitrogens with zero attached hydrogens (tertiary/aromatic N) is 1. The number of nitrogens with one attached hydrogen (secondary N) is 1. The molecule has 7 heteroatoms. The van der Waals surface area contributed by atoms with Crippen molar-refractivity contribution in [1.29, 1.82) is 0 Å². The van der Waals surface area contributed by atoms with E-state index < -0.39 is 11.6 Å². The highest BCUT2D eigenvalue weighted by Crippen LogP contribution is 2.33. The van der Waals surface area contributed by atoms with Crippen LogP contribution in [0.25, 0.3) is 0 Å². The van der Waals surface area contributed by atoms with Gasteiger partial charge in [0.15, 0.2) is 0 Å².